The fourth-order valence-corrected chi connectivity index (χ4v) is 4.59. The van der Waals surface area contributed by atoms with Crippen molar-refractivity contribution in [2.45, 2.75) is 51.1 Å². The number of piperidine rings is 1. The Morgan fingerprint density at radius 3 is 2.60 bits per heavy atom. The van der Waals surface area contributed by atoms with E-state index in [1.54, 1.807) is 24.3 Å². The number of carbonyl (C=O) groups excluding carboxylic acids is 2. The number of aromatic nitrogens is 1. The van der Waals surface area contributed by atoms with Gasteiger partial charge in [0.2, 0.25) is 0 Å². The summed E-state index contributed by atoms with van der Waals surface area (Å²) in [5, 5.41) is 0. The van der Waals surface area contributed by atoms with Crippen LogP contribution >= 0.6 is 0 Å². The Hall–Kier alpha value is -2.67. The van der Waals surface area contributed by atoms with Crippen molar-refractivity contribution in [2.24, 2.45) is 0 Å². The minimum absolute atomic E-state index is 0.0714. The summed E-state index contributed by atoms with van der Waals surface area (Å²) in [6, 6.07) is 7.57. The van der Waals surface area contributed by atoms with Gasteiger partial charge in [-0.05, 0) is 56.5 Å². The Morgan fingerprint density at radius 1 is 1.20 bits per heavy atom. The van der Waals surface area contributed by atoms with E-state index in [2.05, 4.69) is 22.9 Å². The molecule has 2 aromatic rings. The zero-order valence-corrected chi connectivity index (χ0v) is 18.0. The first-order valence-electron chi connectivity index (χ1n) is 10.7. The van der Waals surface area contributed by atoms with E-state index in [1.165, 1.54) is 4.90 Å². The molecule has 160 valence electrons. The van der Waals surface area contributed by atoms with Crippen LogP contribution in [0.4, 0.5) is 4.79 Å². The Kier molecular flexibility index (Phi) is 5.64. The Bertz CT molecular complexity index is 902. The Morgan fingerprint density at radius 2 is 1.97 bits per heavy atom. The molecule has 7 nitrogen and oxygen atoms in total. The van der Waals surface area contributed by atoms with E-state index >= 15 is 0 Å². The molecule has 0 radical (unpaired) electrons. The number of imide groups is 1. The predicted octanol–water partition coefficient (Wildman–Crippen LogP) is 3.41. The zero-order valence-electron chi connectivity index (χ0n) is 18.0. The van der Waals surface area contributed by atoms with Crippen LogP contribution in [0.1, 0.15) is 49.2 Å². The summed E-state index contributed by atoms with van der Waals surface area (Å²) in [6.45, 7) is 7.02. The van der Waals surface area contributed by atoms with Gasteiger partial charge in [0.05, 0.1) is 6.54 Å². The third-order valence-electron chi connectivity index (χ3n) is 6.68. The first-order chi connectivity index (χ1) is 14.4. The maximum Gasteiger partial charge on any atom is 0.327 e. The fraction of sp³-hybridized carbons (Fsp3) is 0.522. The molecule has 2 fully saturated rings. The normalized spacial score (nSPS) is 20.4. The number of nitrogens with zero attached hydrogens (tertiary/aromatic N) is 4. The lowest BCUT2D eigenvalue weighted by Gasteiger charge is -2.41. The molecule has 0 aliphatic carbocycles. The molecule has 0 bridgehead atoms. The molecule has 4 heterocycles. The lowest BCUT2D eigenvalue weighted by molar-refractivity contribution is -0.135. The number of likely N-dealkylation sites (N-methyl/N-ethyl adjacent to an activating group) is 1. The first-order valence-corrected chi connectivity index (χ1v) is 10.7. The van der Waals surface area contributed by atoms with E-state index in [1.807, 2.05) is 25.1 Å². The van der Waals surface area contributed by atoms with Crippen molar-refractivity contribution >= 4 is 11.9 Å². The van der Waals surface area contributed by atoms with Gasteiger partial charge in [-0.15, -0.1) is 0 Å². The van der Waals surface area contributed by atoms with Gasteiger partial charge in [0, 0.05) is 38.4 Å². The van der Waals surface area contributed by atoms with Crippen molar-refractivity contribution in [1.29, 1.82) is 0 Å². The molecule has 4 rings (SSSR count). The Balaban J connectivity index is 1.35. The topological polar surface area (TPSA) is 69.9 Å². The van der Waals surface area contributed by atoms with Crippen LogP contribution in [-0.4, -0.2) is 63.8 Å². The predicted molar refractivity (Wildman–Crippen MR) is 113 cm³/mol. The van der Waals surface area contributed by atoms with Crippen molar-refractivity contribution in [1.82, 2.24) is 19.7 Å². The average molecular weight is 411 g/mol. The van der Waals surface area contributed by atoms with Crippen LogP contribution in [0.15, 0.2) is 41.1 Å². The molecule has 1 atom stereocenters. The van der Waals surface area contributed by atoms with E-state index in [0.29, 0.717) is 18.8 Å². The second kappa shape index (κ2) is 8.22. The third kappa shape index (κ3) is 3.74. The third-order valence-corrected chi connectivity index (χ3v) is 6.68. The number of amides is 3. The highest BCUT2D eigenvalue weighted by atomic mass is 16.3. The number of likely N-dealkylation sites (tertiary alicyclic amines) is 1. The largest absolute Gasteiger partial charge is 0.466 e. The van der Waals surface area contributed by atoms with Crippen LogP contribution in [0.5, 0.6) is 0 Å². The SMILES string of the molecule is Cc1ccc([C@@H](C)CCN2CCC3(CC2)C(=O)N(Cc2cccnc2)C(=O)N3C)o1. The number of urea groups is 1. The first kappa shape index (κ1) is 20.6. The van der Waals surface area contributed by atoms with Crippen molar-refractivity contribution < 1.29 is 14.0 Å². The Labute approximate surface area is 177 Å². The van der Waals surface area contributed by atoms with Gasteiger partial charge < -0.3 is 14.2 Å². The maximum atomic E-state index is 13.3. The molecule has 0 aromatic carbocycles. The average Bonchev–Trinajstić information content (AvgIpc) is 3.27. The molecule has 2 aliphatic heterocycles. The van der Waals surface area contributed by atoms with E-state index in [0.717, 1.165) is 43.1 Å². The molecular weight excluding hydrogens is 380 g/mol. The summed E-state index contributed by atoms with van der Waals surface area (Å²) in [5.74, 6) is 2.27. The van der Waals surface area contributed by atoms with Crippen LogP contribution < -0.4 is 0 Å². The van der Waals surface area contributed by atoms with Gasteiger partial charge in [-0.1, -0.05) is 13.0 Å². The van der Waals surface area contributed by atoms with Crippen molar-refractivity contribution in [2.75, 3.05) is 26.7 Å². The molecule has 1 spiro atoms. The molecular formula is C23H30N4O3. The molecule has 0 unspecified atom stereocenters. The number of furan rings is 1. The monoisotopic (exact) mass is 410 g/mol. The minimum atomic E-state index is -0.709. The summed E-state index contributed by atoms with van der Waals surface area (Å²) < 4.78 is 5.74. The number of hydrogen-bond acceptors (Lipinski definition) is 5. The molecule has 2 aromatic heterocycles. The van der Waals surface area contributed by atoms with Gasteiger partial charge in [-0.25, -0.2) is 4.79 Å². The number of rotatable bonds is 6. The highest BCUT2D eigenvalue weighted by Crippen LogP contribution is 2.37. The number of pyridine rings is 1. The minimum Gasteiger partial charge on any atom is -0.466 e. The van der Waals surface area contributed by atoms with Crippen molar-refractivity contribution in [3.63, 3.8) is 0 Å². The number of carbonyl (C=O) groups is 2. The van der Waals surface area contributed by atoms with Gasteiger partial charge in [0.1, 0.15) is 17.1 Å². The van der Waals surface area contributed by atoms with Crippen molar-refractivity contribution in [3.8, 4) is 0 Å². The van der Waals surface area contributed by atoms with Crippen LogP contribution in [0.25, 0.3) is 0 Å². The van der Waals surface area contributed by atoms with Gasteiger partial charge in [-0.2, -0.15) is 0 Å². The lowest BCUT2D eigenvalue weighted by atomic mass is 9.86. The number of hydrogen-bond donors (Lipinski definition) is 0. The van der Waals surface area contributed by atoms with E-state index in [-0.39, 0.29) is 18.5 Å². The van der Waals surface area contributed by atoms with Crippen LogP contribution in [0.3, 0.4) is 0 Å². The molecule has 3 amide bonds. The molecule has 7 heteroatoms. The van der Waals surface area contributed by atoms with Gasteiger partial charge >= 0.3 is 6.03 Å². The molecule has 2 saturated heterocycles. The molecule has 2 aliphatic rings. The zero-order chi connectivity index (χ0) is 21.3. The summed E-state index contributed by atoms with van der Waals surface area (Å²) >= 11 is 0. The smallest absolute Gasteiger partial charge is 0.327 e. The standard InChI is InChI=1S/C23H30N4O3/c1-17(20-7-6-18(2)30-20)8-12-26-13-9-23(10-14-26)21(28)27(22(29)25(23)3)16-19-5-4-11-24-15-19/h4-7,11,15,17H,8-10,12-14,16H2,1-3H3/t17-/m0/s1. The van der Waals surface area contributed by atoms with Crippen molar-refractivity contribution in [3.05, 3.63) is 53.7 Å². The lowest BCUT2D eigenvalue weighted by Crippen LogP contribution is -2.55. The summed E-state index contributed by atoms with van der Waals surface area (Å²) in [4.78, 5) is 35.6. The molecule has 0 saturated carbocycles. The highest BCUT2D eigenvalue weighted by Gasteiger charge is 2.56. The van der Waals surface area contributed by atoms with E-state index in [4.69, 9.17) is 4.42 Å². The second-order valence-electron chi connectivity index (χ2n) is 8.61. The maximum absolute atomic E-state index is 13.3. The molecule has 30 heavy (non-hydrogen) atoms. The van der Waals surface area contributed by atoms with Gasteiger partial charge in [-0.3, -0.25) is 14.7 Å². The summed E-state index contributed by atoms with van der Waals surface area (Å²) in [7, 11) is 1.76. The fourth-order valence-electron chi connectivity index (χ4n) is 4.59. The highest BCUT2D eigenvalue weighted by molar-refractivity contribution is 6.06. The summed E-state index contributed by atoms with van der Waals surface area (Å²) in [6.07, 6.45) is 5.75. The second-order valence-corrected chi connectivity index (χ2v) is 8.61. The van der Waals surface area contributed by atoms with Crippen LogP contribution in [0, 0.1) is 6.92 Å². The number of aryl methyl sites for hydroxylation is 1. The molecule has 0 N–H and O–H groups in total. The van der Waals surface area contributed by atoms with Gasteiger partial charge in [0.15, 0.2) is 0 Å². The van der Waals surface area contributed by atoms with Crippen LogP contribution in [0.2, 0.25) is 0 Å². The quantitative estimate of drug-likeness (QED) is 0.683. The van der Waals surface area contributed by atoms with E-state index in [9.17, 15) is 9.59 Å². The van der Waals surface area contributed by atoms with Crippen LogP contribution in [-0.2, 0) is 11.3 Å². The summed E-state index contributed by atoms with van der Waals surface area (Å²) in [5.41, 5.74) is 0.156. The van der Waals surface area contributed by atoms with E-state index < -0.39 is 5.54 Å². The van der Waals surface area contributed by atoms with Gasteiger partial charge in [0.25, 0.3) is 5.91 Å².